The van der Waals surface area contributed by atoms with Crippen LogP contribution in [-0.2, 0) is 17.4 Å². The SMILES string of the molecule is CCc1ccnc(C(=O)N2C(C(N)=O)CC3CC32[C@@H](c2cc(F)c(C(F)(F)F)cc2F)C2CC2)c1. The maximum absolute atomic E-state index is 15.2. The van der Waals surface area contributed by atoms with Gasteiger partial charge in [0.25, 0.3) is 5.91 Å². The molecule has 186 valence electrons. The molecule has 2 saturated carbocycles. The number of nitrogens with zero attached hydrogens (tertiary/aromatic N) is 2. The highest BCUT2D eigenvalue weighted by atomic mass is 19.4. The normalized spacial score (nSPS) is 26.4. The standard InChI is InChI=1S/C25H24F5N3O2/c1-2-12-5-6-32-19(7-12)23(35)33-20(22(31)34)8-14-11-24(14,33)21(13-3-4-13)15-9-18(27)16(10-17(15)26)25(28,29)30/h5-7,9-10,13-14,20-21H,2-4,8,11H2,1H3,(H2,31,34)/t14?,20?,21-,24?/m1/s1. The Labute approximate surface area is 198 Å². The fourth-order valence-electron chi connectivity index (χ4n) is 6.00. The predicted octanol–water partition coefficient (Wildman–Crippen LogP) is 4.59. The zero-order chi connectivity index (χ0) is 25.3. The Bertz CT molecular complexity index is 1210. The molecule has 1 aromatic heterocycles. The van der Waals surface area contributed by atoms with Crippen LogP contribution in [0.4, 0.5) is 22.0 Å². The minimum Gasteiger partial charge on any atom is -0.368 e. The van der Waals surface area contributed by atoms with Gasteiger partial charge in [-0.05, 0) is 79.3 Å². The molecule has 4 atom stereocenters. The summed E-state index contributed by atoms with van der Waals surface area (Å²) in [7, 11) is 0. The number of primary amides is 1. The first kappa shape index (κ1) is 23.7. The zero-order valence-corrected chi connectivity index (χ0v) is 18.9. The third-order valence-electron chi connectivity index (χ3n) is 7.75. The van der Waals surface area contributed by atoms with E-state index >= 15 is 4.39 Å². The summed E-state index contributed by atoms with van der Waals surface area (Å²) >= 11 is 0. The fraction of sp³-hybridized carbons (Fsp3) is 0.480. The van der Waals surface area contributed by atoms with Crippen molar-refractivity contribution in [3.8, 4) is 0 Å². The number of amides is 2. The Morgan fingerprint density at radius 1 is 1.20 bits per heavy atom. The molecule has 2 aromatic rings. The summed E-state index contributed by atoms with van der Waals surface area (Å²) in [6.07, 6.45) is -0.885. The van der Waals surface area contributed by atoms with E-state index in [1.54, 1.807) is 12.1 Å². The topological polar surface area (TPSA) is 76.3 Å². The van der Waals surface area contributed by atoms with Gasteiger partial charge in [-0.3, -0.25) is 14.6 Å². The van der Waals surface area contributed by atoms with Crippen LogP contribution in [0.25, 0.3) is 0 Å². The van der Waals surface area contributed by atoms with E-state index in [-0.39, 0.29) is 35.6 Å². The predicted molar refractivity (Wildman–Crippen MR) is 115 cm³/mol. The molecule has 1 aromatic carbocycles. The van der Waals surface area contributed by atoms with Crippen LogP contribution in [-0.4, -0.2) is 33.3 Å². The quantitative estimate of drug-likeness (QED) is 0.598. The lowest BCUT2D eigenvalue weighted by Crippen LogP contribution is -2.53. The van der Waals surface area contributed by atoms with Gasteiger partial charge in [-0.25, -0.2) is 8.78 Å². The van der Waals surface area contributed by atoms with Crippen molar-refractivity contribution in [2.24, 2.45) is 17.6 Å². The molecule has 0 bridgehead atoms. The number of aromatic nitrogens is 1. The van der Waals surface area contributed by atoms with Gasteiger partial charge in [0, 0.05) is 12.1 Å². The van der Waals surface area contributed by atoms with E-state index in [1.165, 1.54) is 11.1 Å². The van der Waals surface area contributed by atoms with Crippen molar-refractivity contribution in [1.29, 1.82) is 0 Å². The summed E-state index contributed by atoms with van der Waals surface area (Å²) in [5.41, 5.74) is 3.70. The van der Waals surface area contributed by atoms with E-state index in [2.05, 4.69) is 4.98 Å². The number of fused-ring (bicyclic) bond motifs is 1. The van der Waals surface area contributed by atoms with Crippen molar-refractivity contribution in [1.82, 2.24) is 9.88 Å². The molecule has 1 saturated heterocycles. The second-order valence-corrected chi connectivity index (χ2v) is 9.79. The van der Waals surface area contributed by atoms with Crippen LogP contribution in [0, 0.1) is 23.5 Å². The Morgan fingerprint density at radius 3 is 2.51 bits per heavy atom. The minimum atomic E-state index is -5.04. The van der Waals surface area contributed by atoms with Crippen LogP contribution < -0.4 is 5.73 Å². The highest BCUT2D eigenvalue weighted by Gasteiger charge is 2.73. The third kappa shape index (κ3) is 3.77. The van der Waals surface area contributed by atoms with Gasteiger partial charge in [-0.15, -0.1) is 0 Å². The molecule has 5 nitrogen and oxygen atoms in total. The molecule has 5 rings (SSSR count). The van der Waals surface area contributed by atoms with Crippen LogP contribution in [0.5, 0.6) is 0 Å². The van der Waals surface area contributed by atoms with Crippen molar-refractivity contribution in [3.05, 3.63) is 64.5 Å². The van der Waals surface area contributed by atoms with Gasteiger partial charge >= 0.3 is 6.18 Å². The number of carbonyl (C=O) groups excluding carboxylic acids is 2. The minimum absolute atomic E-state index is 0.108. The molecule has 35 heavy (non-hydrogen) atoms. The Kier molecular flexibility index (Phi) is 5.41. The smallest absolute Gasteiger partial charge is 0.368 e. The lowest BCUT2D eigenvalue weighted by Gasteiger charge is -2.38. The summed E-state index contributed by atoms with van der Waals surface area (Å²) in [5.74, 6) is -5.10. The van der Waals surface area contributed by atoms with Crippen molar-refractivity contribution in [2.75, 3.05) is 0 Å². The van der Waals surface area contributed by atoms with Gasteiger partial charge < -0.3 is 10.6 Å². The summed E-state index contributed by atoms with van der Waals surface area (Å²) in [6, 6.07) is 3.22. The average molecular weight is 493 g/mol. The number of piperidine rings is 1. The lowest BCUT2D eigenvalue weighted by atomic mass is 9.82. The number of benzene rings is 1. The van der Waals surface area contributed by atoms with E-state index in [9.17, 15) is 27.2 Å². The molecule has 3 unspecified atom stereocenters. The lowest BCUT2D eigenvalue weighted by molar-refractivity contribution is -0.140. The Morgan fingerprint density at radius 2 is 1.91 bits per heavy atom. The van der Waals surface area contributed by atoms with Gasteiger partial charge in [-0.2, -0.15) is 13.2 Å². The number of halogens is 5. The molecule has 0 spiro atoms. The molecule has 3 fully saturated rings. The third-order valence-corrected chi connectivity index (χ3v) is 7.75. The molecule has 2 aliphatic carbocycles. The molecule has 2 N–H and O–H groups in total. The fourth-order valence-corrected chi connectivity index (χ4v) is 6.00. The van der Waals surface area contributed by atoms with Crippen LogP contribution in [0.1, 0.15) is 65.7 Å². The van der Waals surface area contributed by atoms with Crippen LogP contribution in [0.2, 0.25) is 0 Å². The highest BCUT2D eigenvalue weighted by Crippen LogP contribution is 2.69. The van der Waals surface area contributed by atoms with Crippen molar-refractivity contribution in [3.63, 3.8) is 0 Å². The first-order chi connectivity index (χ1) is 16.5. The molecule has 0 radical (unpaired) electrons. The molecular weight excluding hydrogens is 469 g/mol. The van der Waals surface area contributed by atoms with Gasteiger partial charge in [0.15, 0.2) is 0 Å². The number of alkyl halides is 3. The Hall–Kier alpha value is -3.04. The number of nitrogens with two attached hydrogens (primary N) is 1. The zero-order valence-electron chi connectivity index (χ0n) is 18.9. The number of likely N-dealkylation sites (tertiary alicyclic amines) is 1. The molecule has 2 heterocycles. The molecule has 3 aliphatic rings. The first-order valence-electron chi connectivity index (χ1n) is 11.6. The van der Waals surface area contributed by atoms with Gasteiger partial charge in [0.05, 0.1) is 11.1 Å². The maximum atomic E-state index is 15.2. The van der Waals surface area contributed by atoms with Crippen molar-refractivity contribution >= 4 is 11.8 Å². The molecular formula is C25H24F5N3O2. The summed E-state index contributed by atoms with van der Waals surface area (Å²) in [6.45, 7) is 1.91. The van der Waals surface area contributed by atoms with E-state index in [1.807, 2.05) is 6.92 Å². The van der Waals surface area contributed by atoms with Gasteiger partial charge in [0.1, 0.15) is 23.4 Å². The second-order valence-electron chi connectivity index (χ2n) is 9.79. The monoisotopic (exact) mass is 493 g/mol. The van der Waals surface area contributed by atoms with Crippen molar-refractivity contribution < 1.29 is 31.5 Å². The number of pyridine rings is 1. The summed E-state index contributed by atoms with van der Waals surface area (Å²) < 4.78 is 69.2. The van der Waals surface area contributed by atoms with Crippen LogP contribution in [0.15, 0.2) is 30.5 Å². The van der Waals surface area contributed by atoms with Crippen LogP contribution in [0.3, 0.4) is 0 Å². The average Bonchev–Trinajstić information content (AvgIpc) is 3.73. The molecule has 1 aliphatic heterocycles. The number of aryl methyl sites for hydroxylation is 1. The van der Waals surface area contributed by atoms with E-state index in [4.69, 9.17) is 5.73 Å². The summed E-state index contributed by atoms with van der Waals surface area (Å²) in [4.78, 5) is 31.6. The molecule has 10 heteroatoms. The van der Waals surface area contributed by atoms with Crippen molar-refractivity contribution in [2.45, 2.75) is 62.7 Å². The van der Waals surface area contributed by atoms with Crippen LogP contribution >= 0.6 is 0 Å². The number of hydrogen-bond donors (Lipinski definition) is 1. The first-order valence-corrected chi connectivity index (χ1v) is 11.6. The Balaban J connectivity index is 1.61. The van der Waals surface area contributed by atoms with E-state index < -0.39 is 52.7 Å². The second kappa shape index (κ2) is 7.99. The van der Waals surface area contributed by atoms with Gasteiger partial charge in [-0.1, -0.05) is 6.92 Å². The number of carbonyl (C=O) groups is 2. The number of hydrogen-bond acceptors (Lipinski definition) is 3. The largest absolute Gasteiger partial charge is 0.419 e. The number of rotatable bonds is 6. The van der Waals surface area contributed by atoms with Gasteiger partial charge in [0.2, 0.25) is 5.91 Å². The summed E-state index contributed by atoms with van der Waals surface area (Å²) in [5, 5.41) is 0. The highest BCUT2D eigenvalue weighted by molar-refractivity contribution is 5.98. The van der Waals surface area contributed by atoms with E-state index in [0.717, 1.165) is 5.56 Å². The van der Waals surface area contributed by atoms with E-state index in [0.29, 0.717) is 31.7 Å². The maximum Gasteiger partial charge on any atom is 0.419 e. The molecule has 2 amide bonds.